The molecule has 0 saturated carbocycles. The van der Waals surface area contributed by atoms with Gasteiger partial charge < -0.3 is 14.2 Å². The van der Waals surface area contributed by atoms with Crippen molar-refractivity contribution >= 4 is 16.6 Å². The van der Waals surface area contributed by atoms with E-state index in [-0.39, 0.29) is 11.8 Å². The summed E-state index contributed by atoms with van der Waals surface area (Å²) in [5.41, 5.74) is 0.522. The molecule has 1 amide bonds. The van der Waals surface area contributed by atoms with Gasteiger partial charge in [-0.1, -0.05) is 16.0 Å². The minimum Gasteiger partial charge on any atom is -0.444 e. The van der Waals surface area contributed by atoms with E-state index in [0.29, 0.717) is 12.5 Å². The Kier molecular flexibility index (Phi) is 7.65. The molecule has 1 saturated heterocycles. The Labute approximate surface area is 166 Å². The predicted molar refractivity (Wildman–Crippen MR) is 104 cm³/mol. The van der Waals surface area contributed by atoms with E-state index in [4.69, 9.17) is 4.74 Å². The molecule has 1 aliphatic rings. The quantitative estimate of drug-likeness (QED) is 0.686. The first-order chi connectivity index (χ1) is 13.0. The zero-order valence-corrected chi connectivity index (χ0v) is 17.4. The average Bonchev–Trinajstić information content (AvgIpc) is 2.55. The first-order valence-electron chi connectivity index (χ1n) is 9.42. The topological polar surface area (TPSA) is 84.9 Å². The van der Waals surface area contributed by atoms with Gasteiger partial charge in [-0.05, 0) is 76.7 Å². The highest BCUT2D eigenvalue weighted by atomic mass is 32.3. The fourth-order valence-corrected chi connectivity index (χ4v) is 3.49. The van der Waals surface area contributed by atoms with E-state index in [2.05, 4.69) is 14.4 Å². The minimum atomic E-state index is -4.99. The molecule has 1 aliphatic heterocycles. The van der Waals surface area contributed by atoms with E-state index < -0.39 is 16.1 Å². The Morgan fingerprint density at radius 2 is 1.82 bits per heavy atom. The summed E-state index contributed by atoms with van der Waals surface area (Å²) in [6, 6.07) is 6.36. The maximum atomic E-state index is 12.5. The third kappa shape index (κ3) is 8.88. The number of alkyl carbamates (subject to hydrolysis) is 1. The largest absolute Gasteiger partial charge is 0.488 e. The minimum absolute atomic E-state index is 0.0394. The van der Waals surface area contributed by atoms with Gasteiger partial charge in [-0.3, -0.25) is 4.90 Å². The molecule has 7 nitrogen and oxygen atoms in total. The number of nitrogens with one attached hydrogen (secondary N) is 1. The summed E-state index contributed by atoms with van der Waals surface area (Å²) >= 11 is 0. The van der Waals surface area contributed by atoms with Crippen LogP contribution < -0.4 is 9.50 Å². The number of piperidine rings is 1. The molecule has 9 heteroatoms. The van der Waals surface area contributed by atoms with Gasteiger partial charge in [0.05, 0.1) is 0 Å². The number of carbonyl (C=O) groups excluding carboxylic acids is 1. The van der Waals surface area contributed by atoms with Crippen molar-refractivity contribution in [3.8, 4) is 5.75 Å². The number of benzene rings is 1. The van der Waals surface area contributed by atoms with E-state index in [0.717, 1.165) is 44.5 Å². The monoisotopic (exact) mass is 416 g/mol. The lowest BCUT2D eigenvalue weighted by atomic mass is 9.93. The summed E-state index contributed by atoms with van der Waals surface area (Å²) in [6.45, 7) is 8.77. The van der Waals surface area contributed by atoms with Crippen LogP contribution in [0.4, 0.5) is 8.68 Å². The molecular weight excluding hydrogens is 387 g/mol. The fraction of sp³-hybridized carbons (Fsp3) is 0.632. The molecule has 0 aromatic heterocycles. The number of rotatable bonds is 7. The first kappa shape index (κ1) is 22.4. The van der Waals surface area contributed by atoms with Gasteiger partial charge in [-0.25, -0.2) is 4.79 Å². The second kappa shape index (κ2) is 9.56. The predicted octanol–water partition coefficient (Wildman–Crippen LogP) is 3.41. The molecule has 0 aliphatic carbocycles. The van der Waals surface area contributed by atoms with E-state index in [9.17, 15) is 17.1 Å². The Hall–Kier alpha value is -1.87. The molecule has 1 fully saturated rings. The average molecular weight is 417 g/mol. The highest BCUT2D eigenvalue weighted by Crippen LogP contribution is 2.22. The number of carbonyl (C=O) groups is 1. The summed E-state index contributed by atoms with van der Waals surface area (Å²) in [7, 11) is -4.99. The SMILES string of the molecule is CC(C)(C)OC(=O)NCCC1CCN(Cc2ccc(OS(=O)(=O)F)cc2)CC1. The summed E-state index contributed by atoms with van der Waals surface area (Å²) in [4.78, 5) is 14.0. The Morgan fingerprint density at radius 3 is 2.36 bits per heavy atom. The lowest BCUT2D eigenvalue weighted by Crippen LogP contribution is -2.36. The van der Waals surface area contributed by atoms with Gasteiger partial charge in [0.1, 0.15) is 11.4 Å². The van der Waals surface area contributed by atoms with Crippen LogP contribution in [0.2, 0.25) is 0 Å². The van der Waals surface area contributed by atoms with Crippen molar-refractivity contribution in [1.29, 1.82) is 0 Å². The van der Waals surface area contributed by atoms with Gasteiger partial charge >= 0.3 is 16.6 Å². The molecular formula is C19H29FN2O5S. The lowest BCUT2D eigenvalue weighted by molar-refractivity contribution is 0.0522. The van der Waals surface area contributed by atoms with Crippen LogP contribution in [0.3, 0.4) is 0 Å². The van der Waals surface area contributed by atoms with Crippen LogP contribution in [0.5, 0.6) is 5.75 Å². The van der Waals surface area contributed by atoms with E-state index >= 15 is 0 Å². The van der Waals surface area contributed by atoms with Crippen molar-refractivity contribution in [3.05, 3.63) is 29.8 Å². The molecule has 0 bridgehead atoms. The second-order valence-corrected chi connectivity index (χ2v) is 9.01. The second-order valence-electron chi connectivity index (χ2n) is 8.06. The van der Waals surface area contributed by atoms with E-state index in [1.807, 2.05) is 20.8 Å². The highest BCUT2D eigenvalue weighted by Gasteiger charge is 2.20. The van der Waals surface area contributed by atoms with Gasteiger partial charge in [0, 0.05) is 13.1 Å². The maximum Gasteiger partial charge on any atom is 0.488 e. The number of likely N-dealkylation sites (tertiary alicyclic amines) is 1. The molecule has 1 N–H and O–H groups in total. The molecule has 2 rings (SSSR count). The summed E-state index contributed by atoms with van der Waals surface area (Å²) in [5.74, 6) is 0.527. The van der Waals surface area contributed by atoms with Crippen LogP contribution in [0.15, 0.2) is 24.3 Å². The Bertz CT molecular complexity index is 739. The number of amides is 1. The zero-order valence-electron chi connectivity index (χ0n) is 16.6. The molecule has 1 heterocycles. The molecule has 0 atom stereocenters. The summed E-state index contributed by atoms with van der Waals surface area (Å²) in [6.07, 6.45) is 2.66. The third-order valence-electron chi connectivity index (χ3n) is 4.45. The Morgan fingerprint density at radius 1 is 1.21 bits per heavy atom. The van der Waals surface area contributed by atoms with Gasteiger partial charge in [0.2, 0.25) is 0 Å². The molecule has 0 unspecified atom stereocenters. The fourth-order valence-electron chi connectivity index (χ4n) is 3.15. The van der Waals surface area contributed by atoms with Crippen LogP contribution in [-0.2, 0) is 21.8 Å². The van der Waals surface area contributed by atoms with Crippen LogP contribution >= 0.6 is 0 Å². The van der Waals surface area contributed by atoms with Crippen LogP contribution in [-0.4, -0.2) is 44.6 Å². The molecule has 158 valence electrons. The highest BCUT2D eigenvalue weighted by molar-refractivity contribution is 7.81. The van der Waals surface area contributed by atoms with Crippen molar-refractivity contribution in [2.45, 2.75) is 52.2 Å². The Balaban J connectivity index is 1.67. The van der Waals surface area contributed by atoms with Crippen molar-refractivity contribution in [2.75, 3.05) is 19.6 Å². The van der Waals surface area contributed by atoms with Gasteiger partial charge in [-0.15, -0.1) is 0 Å². The molecule has 1 aromatic carbocycles. The number of hydrogen-bond acceptors (Lipinski definition) is 6. The van der Waals surface area contributed by atoms with Crippen LogP contribution in [0, 0.1) is 5.92 Å². The standard InChI is InChI=1S/C19H29FN2O5S/c1-19(2,3)26-18(23)21-11-8-15-9-12-22(13-10-15)14-16-4-6-17(7-5-16)27-28(20,24)25/h4-7,15H,8-14H2,1-3H3,(H,21,23). The first-order valence-corrected chi connectivity index (χ1v) is 10.7. The molecule has 0 spiro atoms. The smallest absolute Gasteiger partial charge is 0.444 e. The number of nitrogens with zero attached hydrogens (tertiary/aromatic N) is 1. The molecule has 1 aromatic rings. The van der Waals surface area contributed by atoms with Gasteiger partial charge in [0.25, 0.3) is 0 Å². The number of ether oxygens (including phenoxy) is 1. The van der Waals surface area contributed by atoms with Crippen molar-refractivity contribution in [3.63, 3.8) is 0 Å². The number of halogens is 1. The normalized spacial score (nSPS) is 16.6. The maximum absolute atomic E-state index is 12.5. The van der Waals surface area contributed by atoms with E-state index in [1.54, 1.807) is 12.1 Å². The zero-order chi connectivity index (χ0) is 20.8. The summed E-state index contributed by atoms with van der Waals surface area (Å²) < 4.78 is 42.9. The van der Waals surface area contributed by atoms with Crippen LogP contribution in [0.25, 0.3) is 0 Å². The molecule has 28 heavy (non-hydrogen) atoms. The van der Waals surface area contributed by atoms with E-state index in [1.165, 1.54) is 12.1 Å². The van der Waals surface area contributed by atoms with Crippen molar-refractivity contribution in [1.82, 2.24) is 10.2 Å². The van der Waals surface area contributed by atoms with Crippen molar-refractivity contribution < 1.29 is 26.0 Å². The van der Waals surface area contributed by atoms with Gasteiger partial charge in [0.15, 0.2) is 0 Å². The van der Waals surface area contributed by atoms with Gasteiger partial charge in [-0.2, -0.15) is 8.42 Å². The van der Waals surface area contributed by atoms with Crippen LogP contribution in [0.1, 0.15) is 45.6 Å². The lowest BCUT2D eigenvalue weighted by Gasteiger charge is -2.32. The third-order valence-corrected chi connectivity index (χ3v) is 4.84. The summed E-state index contributed by atoms with van der Waals surface area (Å²) in [5, 5.41) is 2.80. The van der Waals surface area contributed by atoms with Crippen molar-refractivity contribution in [2.24, 2.45) is 5.92 Å². The molecule has 0 radical (unpaired) electrons. The number of hydrogen-bond donors (Lipinski definition) is 1.